The molecule has 0 radical (unpaired) electrons. The molecule has 1 unspecified atom stereocenters. The van der Waals surface area contributed by atoms with E-state index in [4.69, 9.17) is 0 Å². The van der Waals surface area contributed by atoms with Crippen molar-refractivity contribution in [1.82, 2.24) is 19.7 Å². The molecule has 0 saturated carbocycles. The maximum Gasteiger partial charge on any atom is 0.239 e. The number of aromatic nitrogens is 4. The van der Waals surface area contributed by atoms with E-state index in [0.29, 0.717) is 27.4 Å². The van der Waals surface area contributed by atoms with Crippen LogP contribution in [0.5, 0.6) is 0 Å². The zero-order valence-corrected chi connectivity index (χ0v) is 18.2. The van der Waals surface area contributed by atoms with Crippen LogP contribution < -0.4 is 5.32 Å². The van der Waals surface area contributed by atoms with E-state index in [2.05, 4.69) is 20.5 Å². The average Bonchev–Trinajstić information content (AvgIpc) is 3.36. The van der Waals surface area contributed by atoms with Crippen molar-refractivity contribution in [2.45, 2.75) is 17.3 Å². The quantitative estimate of drug-likeness (QED) is 0.413. The maximum atomic E-state index is 14.1. The van der Waals surface area contributed by atoms with Gasteiger partial charge < -0.3 is 9.88 Å². The minimum atomic E-state index is -0.491. The molecule has 0 bridgehead atoms. The van der Waals surface area contributed by atoms with Gasteiger partial charge in [0, 0.05) is 18.0 Å². The predicted molar refractivity (Wildman–Crippen MR) is 118 cm³/mol. The molecule has 0 fully saturated rings. The van der Waals surface area contributed by atoms with E-state index >= 15 is 0 Å². The Morgan fingerprint density at radius 3 is 2.61 bits per heavy atom. The fourth-order valence-corrected chi connectivity index (χ4v) is 4.34. The van der Waals surface area contributed by atoms with Crippen molar-refractivity contribution in [3.63, 3.8) is 0 Å². The number of halogens is 2. The first-order chi connectivity index (χ1) is 14.9. The second-order valence-corrected chi connectivity index (χ2v) is 8.81. The van der Waals surface area contributed by atoms with Crippen LogP contribution in [0.3, 0.4) is 0 Å². The second-order valence-electron chi connectivity index (χ2n) is 6.64. The first-order valence-electron chi connectivity index (χ1n) is 9.25. The van der Waals surface area contributed by atoms with Crippen molar-refractivity contribution in [3.05, 3.63) is 65.5 Å². The van der Waals surface area contributed by atoms with Crippen LogP contribution in [-0.4, -0.2) is 30.9 Å². The Balaban J connectivity index is 1.43. The van der Waals surface area contributed by atoms with Gasteiger partial charge in [0.05, 0.1) is 16.5 Å². The number of thiazole rings is 1. The Morgan fingerprint density at radius 1 is 1.13 bits per heavy atom. The number of rotatable bonds is 6. The molecule has 0 saturated heterocycles. The van der Waals surface area contributed by atoms with Gasteiger partial charge in [0.25, 0.3) is 0 Å². The van der Waals surface area contributed by atoms with Crippen LogP contribution in [0.15, 0.2) is 59.1 Å². The van der Waals surface area contributed by atoms with Gasteiger partial charge in [-0.05, 0) is 43.3 Å². The van der Waals surface area contributed by atoms with E-state index in [9.17, 15) is 13.6 Å². The highest BCUT2D eigenvalue weighted by Crippen LogP contribution is 2.29. The lowest BCUT2D eigenvalue weighted by atomic mass is 10.2. The first kappa shape index (κ1) is 21.1. The number of hydrogen-bond acceptors (Lipinski definition) is 6. The van der Waals surface area contributed by atoms with Gasteiger partial charge in [-0.15, -0.1) is 21.5 Å². The molecule has 4 rings (SSSR count). The minimum Gasteiger partial charge on any atom is -0.305 e. The Labute approximate surface area is 185 Å². The Kier molecular flexibility index (Phi) is 6.10. The molecule has 158 valence electrons. The van der Waals surface area contributed by atoms with Gasteiger partial charge in [-0.1, -0.05) is 23.9 Å². The molecule has 0 spiro atoms. The molecule has 4 aromatic rings. The van der Waals surface area contributed by atoms with Crippen LogP contribution in [0.25, 0.3) is 22.6 Å². The molecular weight excluding hydrogens is 440 g/mol. The molecule has 0 aliphatic carbocycles. The summed E-state index contributed by atoms with van der Waals surface area (Å²) in [5.41, 5.74) is 1.77. The summed E-state index contributed by atoms with van der Waals surface area (Å²) in [6.07, 6.45) is 0. The Hall–Kier alpha value is -3.11. The number of benzene rings is 2. The normalized spacial score (nSPS) is 12.0. The van der Waals surface area contributed by atoms with Gasteiger partial charge in [-0.25, -0.2) is 13.8 Å². The highest BCUT2D eigenvalue weighted by atomic mass is 32.2. The smallest absolute Gasteiger partial charge is 0.239 e. The molecule has 10 heteroatoms. The second kappa shape index (κ2) is 8.94. The van der Waals surface area contributed by atoms with E-state index in [-0.39, 0.29) is 17.5 Å². The van der Waals surface area contributed by atoms with Crippen LogP contribution >= 0.6 is 23.1 Å². The summed E-state index contributed by atoms with van der Waals surface area (Å²) in [7, 11) is 1.73. The van der Waals surface area contributed by atoms with Gasteiger partial charge in [-0.2, -0.15) is 0 Å². The third-order valence-corrected chi connectivity index (χ3v) is 6.37. The van der Waals surface area contributed by atoms with Crippen LogP contribution in [0, 0.1) is 11.6 Å². The van der Waals surface area contributed by atoms with Crippen molar-refractivity contribution < 1.29 is 13.6 Å². The van der Waals surface area contributed by atoms with Gasteiger partial charge >= 0.3 is 0 Å². The van der Waals surface area contributed by atoms with E-state index < -0.39 is 5.25 Å². The van der Waals surface area contributed by atoms with Crippen molar-refractivity contribution in [1.29, 1.82) is 0 Å². The molecule has 6 nitrogen and oxygen atoms in total. The van der Waals surface area contributed by atoms with Gasteiger partial charge in [0.2, 0.25) is 5.91 Å². The van der Waals surface area contributed by atoms with Gasteiger partial charge in [0.1, 0.15) is 11.6 Å². The summed E-state index contributed by atoms with van der Waals surface area (Å²) in [6.45, 7) is 1.74. The van der Waals surface area contributed by atoms with Crippen molar-refractivity contribution >= 4 is 34.1 Å². The summed E-state index contributed by atoms with van der Waals surface area (Å²) in [5, 5.41) is 13.2. The third-order valence-electron chi connectivity index (χ3n) is 4.48. The number of carbonyl (C=O) groups excluding carboxylic acids is 1. The van der Waals surface area contributed by atoms with Crippen molar-refractivity contribution in [2.75, 3.05) is 5.32 Å². The number of carbonyl (C=O) groups is 1. The summed E-state index contributed by atoms with van der Waals surface area (Å²) < 4.78 is 28.8. The van der Waals surface area contributed by atoms with Gasteiger partial charge in [-0.3, -0.25) is 4.79 Å². The van der Waals surface area contributed by atoms with E-state index in [0.717, 1.165) is 5.56 Å². The van der Waals surface area contributed by atoms with E-state index in [1.165, 1.54) is 41.3 Å². The van der Waals surface area contributed by atoms with Gasteiger partial charge in [0.15, 0.2) is 16.1 Å². The molecule has 2 aromatic heterocycles. The summed E-state index contributed by atoms with van der Waals surface area (Å²) in [5.74, 6) is -0.570. The van der Waals surface area contributed by atoms with Crippen LogP contribution in [0.4, 0.5) is 13.9 Å². The predicted octanol–water partition coefficient (Wildman–Crippen LogP) is 5.00. The molecular formula is C21H17F2N5OS2. The van der Waals surface area contributed by atoms with Crippen LogP contribution in [0.2, 0.25) is 0 Å². The lowest BCUT2D eigenvalue weighted by Crippen LogP contribution is -2.22. The molecule has 31 heavy (non-hydrogen) atoms. The lowest BCUT2D eigenvalue weighted by Gasteiger charge is -2.10. The molecule has 1 N–H and O–H groups in total. The number of amides is 1. The largest absolute Gasteiger partial charge is 0.305 e. The third kappa shape index (κ3) is 4.64. The van der Waals surface area contributed by atoms with Crippen molar-refractivity contribution in [2.24, 2.45) is 7.05 Å². The molecule has 2 heterocycles. The van der Waals surface area contributed by atoms with Crippen molar-refractivity contribution in [3.8, 4) is 22.6 Å². The molecule has 2 aromatic carbocycles. The monoisotopic (exact) mass is 457 g/mol. The number of thioether (sulfide) groups is 1. The summed E-state index contributed by atoms with van der Waals surface area (Å²) >= 11 is 2.50. The lowest BCUT2D eigenvalue weighted by molar-refractivity contribution is -0.115. The summed E-state index contributed by atoms with van der Waals surface area (Å²) in [6, 6.07) is 12.3. The number of anilines is 1. The SMILES string of the molecule is CC(Sc1nnc(-c2ccccc2F)n1C)C(=O)Nc1nc(-c2ccc(F)cc2)cs1. The molecule has 1 amide bonds. The number of nitrogens with zero attached hydrogens (tertiary/aromatic N) is 4. The van der Waals surface area contributed by atoms with Crippen LogP contribution in [-0.2, 0) is 11.8 Å². The molecule has 0 aliphatic rings. The molecule has 0 aliphatic heterocycles. The standard InChI is InChI=1S/C21H17F2N5OS2/c1-12(31-21-27-26-18(28(21)2)15-5-3-4-6-16(15)23)19(29)25-20-24-17(11-30-20)13-7-9-14(22)10-8-13/h3-12H,1-2H3,(H,24,25,29). The van der Waals surface area contributed by atoms with Crippen LogP contribution in [0.1, 0.15) is 6.92 Å². The maximum absolute atomic E-state index is 14.1. The zero-order chi connectivity index (χ0) is 22.0. The highest BCUT2D eigenvalue weighted by Gasteiger charge is 2.21. The first-order valence-corrected chi connectivity index (χ1v) is 11.0. The fourth-order valence-electron chi connectivity index (χ4n) is 2.80. The zero-order valence-electron chi connectivity index (χ0n) is 16.5. The topological polar surface area (TPSA) is 72.7 Å². The number of hydrogen-bond donors (Lipinski definition) is 1. The average molecular weight is 458 g/mol. The number of nitrogens with one attached hydrogen (secondary N) is 1. The molecule has 1 atom stereocenters. The Bertz CT molecular complexity index is 1220. The fraction of sp³-hybridized carbons (Fsp3) is 0.143. The summed E-state index contributed by atoms with van der Waals surface area (Å²) in [4.78, 5) is 17.0. The Morgan fingerprint density at radius 2 is 1.87 bits per heavy atom. The highest BCUT2D eigenvalue weighted by molar-refractivity contribution is 8.00. The minimum absolute atomic E-state index is 0.250. The van der Waals surface area contributed by atoms with E-state index in [1.807, 2.05) is 0 Å². The van der Waals surface area contributed by atoms with E-state index in [1.54, 1.807) is 54.3 Å².